The van der Waals surface area contributed by atoms with Crippen LogP contribution in [0.4, 0.5) is 0 Å². The van der Waals surface area contributed by atoms with Gasteiger partial charge in [-0.3, -0.25) is 4.90 Å². The highest BCUT2D eigenvalue weighted by molar-refractivity contribution is 5.38. The first-order valence-electron chi connectivity index (χ1n) is 7.86. The summed E-state index contributed by atoms with van der Waals surface area (Å²) in [6, 6.07) is 6.60. The van der Waals surface area contributed by atoms with Crippen LogP contribution in [0.25, 0.3) is 0 Å². The number of allylic oxidation sites excluding steroid dienone is 2. The predicted molar refractivity (Wildman–Crippen MR) is 85.8 cm³/mol. The Kier molecular flexibility index (Phi) is 4.86. The molecule has 0 fully saturated rings. The van der Waals surface area contributed by atoms with Crippen LogP contribution in [0.3, 0.4) is 0 Å². The maximum atomic E-state index is 8.88. The standard InChI is InChI=1S/C18H24N2O/c21-10-9-19-11-16-7-4-8-17-13-20(14-18(16)17)12-15-5-2-1-3-6-15/h2,4-8,19,21H,1,3,9-14H2. The molecule has 1 heterocycles. The number of nitrogens with zero attached hydrogens (tertiary/aromatic N) is 1. The van der Waals surface area contributed by atoms with Crippen molar-refractivity contribution in [1.82, 2.24) is 10.2 Å². The first kappa shape index (κ1) is 14.5. The van der Waals surface area contributed by atoms with E-state index in [-0.39, 0.29) is 6.61 Å². The van der Waals surface area contributed by atoms with Crippen LogP contribution < -0.4 is 5.32 Å². The van der Waals surface area contributed by atoms with Crippen LogP contribution in [0.1, 0.15) is 29.5 Å². The zero-order valence-electron chi connectivity index (χ0n) is 12.5. The first-order valence-corrected chi connectivity index (χ1v) is 7.86. The van der Waals surface area contributed by atoms with E-state index in [4.69, 9.17) is 5.11 Å². The molecule has 21 heavy (non-hydrogen) atoms. The smallest absolute Gasteiger partial charge is 0.0556 e. The molecule has 0 radical (unpaired) electrons. The van der Waals surface area contributed by atoms with Gasteiger partial charge < -0.3 is 10.4 Å². The van der Waals surface area contributed by atoms with Crippen LogP contribution in [0.5, 0.6) is 0 Å². The summed E-state index contributed by atoms with van der Waals surface area (Å²) >= 11 is 0. The molecule has 0 bridgehead atoms. The maximum absolute atomic E-state index is 8.88. The van der Waals surface area contributed by atoms with Crippen molar-refractivity contribution in [3.05, 3.63) is 58.7 Å². The predicted octanol–water partition coefficient (Wildman–Crippen LogP) is 2.36. The normalized spacial score (nSPS) is 17.9. The van der Waals surface area contributed by atoms with E-state index in [1.54, 1.807) is 0 Å². The molecular formula is C18H24N2O. The minimum absolute atomic E-state index is 0.196. The van der Waals surface area contributed by atoms with Crippen LogP contribution in [-0.2, 0) is 19.6 Å². The van der Waals surface area contributed by atoms with Crippen LogP contribution >= 0.6 is 0 Å². The number of aliphatic hydroxyl groups is 1. The fourth-order valence-electron chi connectivity index (χ4n) is 3.18. The SMILES string of the molecule is OCCNCc1cccc2c1CN(CC1=CCCC=C1)C2. The first-order chi connectivity index (χ1) is 10.4. The number of benzene rings is 1. The van der Waals surface area contributed by atoms with Gasteiger partial charge in [0.1, 0.15) is 0 Å². The Bertz CT molecular complexity index is 548. The fourth-order valence-corrected chi connectivity index (χ4v) is 3.18. The monoisotopic (exact) mass is 284 g/mol. The van der Waals surface area contributed by atoms with Crippen LogP contribution in [0, 0.1) is 0 Å². The van der Waals surface area contributed by atoms with Crippen molar-refractivity contribution in [2.45, 2.75) is 32.5 Å². The number of hydrogen-bond donors (Lipinski definition) is 2. The molecule has 1 aliphatic carbocycles. The van der Waals surface area contributed by atoms with Gasteiger partial charge in [-0.2, -0.15) is 0 Å². The molecule has 2 N–H and O–H groups in total. The zero-order valence-corrected chi connectivity index (χ0v) is 12.5. The molecule has 1 aromatic carbocycles. The highest BCUT2D eigenvalue weighted by Gasteiger charge is 2.21. The van der Waals surface area contributed by atoms with Gasteiger partial charge in [0.15, 0.2) is 0 Å². The van der Waals surface area contributed by atoms with E-state index < -0.39 is 0 Å². The van der Waals surface area contributed by atoms with E-state index in [9.17, 15) is 0 Å². The molecule has 3 rings (SSSR count). The minimum atomic E-state index is 0.196. The quantitative estimate of drug-likeness (QED) is 0.787. The Morgan fingerprint density at radius 1 is 1.19 bits per heavy atom. The van der Waals surface area contributed by atoms with Gasteiger partial charge in [0.05, 0.1) is 6.61 Å². The molecule has 0 aromatic heterocycles. The summed E-state index contributed by atoms with van der Waals surface area (Å²) < 4.78 is 0. The lowest BCUT2D eigenvalue weighted by atomic mass is 10.0. The van der Waals surface area contributed by atoms with Gasteiger partial charge in [-0.05, 0) is 35.1 Å². The van der Waals surface area contributed by atoms with E-state index in [0.29, 0.717) is 6.54 Å². The average Bonchev–Trinajstić information content (AvgIpc) is 2.92. The Morgan fingerprint density at radius 3 is 2.95 bits per heavy atom. The van der Waals surface area contributed by atoms with Gasteiger partial charge in [-0.1, -0.05) is 36.4 Å². The van der Waals surface area contributed by atoms with E-state index in [2.05, 4.69) is 46.6 Å². The van der Waals surface area contributed by atoms with Gasteiger partial charge in [-0.25, -0.2) is 0 Å². The van der Waals surface area contributed by atoms with Gasteiger partial charge >= 0.3 is 0 Å². The average molecular weight is 284 g/mol. The van der Waals surface area contributed by atoms with E-state index >= 15 is 0 Å². The third kappa shape index (κ3) is 3.62. The number of aliphatic hydroxyl groups excluding tert-OH is 1. The Balaban J connectivity index is 1.64. The van der Waals surface area contributed by atoms with Crippen molar-refractivity contribution in [2.75, 3.05) is 19.7 Å². The lowest BCUT2D eigenvalue weighted by Crippen LogP contribution is -2.20. The third-order valence-corrected chi connectivity index (χ3v) is 4.23. The molecule has 1 aliphatic heterocycles. The summed E-state index contributed by atoms with van der Waals surface area (Å²) in [6.45, 7) is 4.84. The van der Waals surface area contributed by atoms with Gasteiger partial charge in [0.25, 0.3) is 0 Å². The summed E-state index contributed by atoms with van der Waals surface area (Å²) in [6.07, 6.45) is 9.29. The topological polar surface area (TPSA) is 35.5 Å². The van der Waals surface area contributed by atoms with E-state index in [0.717, 1.165) is 26.2 Å². The van der Waals surface area contributed by atoms with Gasteiger partial charge in [-0.15, -0.1) is 0 Å². The second-order valence-electron chi connectivity index (χ2n) is 5.86. The summed E-state index contributed by atoms with van der Waals surface area (Å²) in [5, 5.41) is 12.2. The molecular weight excluding hydrogens is 260 g/mol. The number of hydrogen-bond acceptors (Lipinski definition) is 3. The Hall–Kier alpha value is -1.42. The molecule has 112 valence electrons. The van der Waals surface area contributed by atoms with E-state index in [1.807, 2.05) is 0 Å². The Morgan fingerprint density at radius 2 is 2.14 bits per heavy atom. The zero-order chi connectivity index (χ0) is 14.5. The largest absolute Gasteiger partial charge is 0.395 e. The van der Waals surface area contributed by atoms with Crippen LogP contribution in [-0.4, -0.2) is 29.7 Å². The van der Waals surface area contributed by atoms with Crippen molar-refractivity contribution in [3.63, 3.8) is 0 Å². The summed E-state index contributed by atoms with van der Waals surface area (Å²) in [5.41, 5.74) is 5.76. The molecule has 3 heteroatoms. The van der Waals surface area contributed by atoms with Crippen LogP contribution in [0.2, 0.25) is 0 Å². The van der Waals surface area contributed by atoms with E-state index in [1.165, 1.54) is 35.1 Å². The molecule has 0 saturated heterocycles. The summed E-state index contributed by atoms with van der Waals surface area (Å²) in [4.78, 5) is 2.52. The molecule has 2 aliphatic rings. The van der Waals surface area contributed by atoms with Crippen LogP contribution in [0.15, 0.2) is 42.0 Å². The number of fused-ring (bicyclic) bond motifs is 1. The second kappa shape index (κ2) is 7.03. The Labute approximate surface area is 127 Å². The van der Waals surface area contributed by atoms with Gasteiger partial charge in [0, 0.05) is 32.7 Å². The lowest BCUT2D eigenvalue weighted by molar-refractivity contribution is 0.291. The minimum Gasteiger partial charge on any atom is -0.395 e. The molecule has 0 amide bonds. The molecule has 1 aromatic rings. The molecule has 0 spiro atoms. The number of rotatable bonds is 6. The highest BCUT2D eigenvalue weighted by atomic mass is 16.3. The molecule has 3 nitrogen and oxygen atoms in total. The summed E-state index contributed by atoms with van der Waals surface area (Å²) in [7, 11) is 0. The molecule has 0 saturated carbocycles. The highest BCUT2D eigenvalue weighted by Crippen LogP contribution is 2.27. The third-order valence-electron chi connectivity index (χ3n) is 4.23. The molecule has 0 atom stereocenters. The fraction of sp³-hybridized carbons (Fsp3) is 0.444. The van der Waals surface area contributed by atoms with Crippen molar-refractivity contribution in [2.24, 2.45) is 0 Å². The summed E-state index contributed by atoms with van der Waals surface area (Å²) in [5.74, 6) is 0. The number of nitrogens with one attached hydrogen (secondary N) is 1. The van der Waals surface area contributed by atoms with Crippen molar-refractivity contribution in [3.8, 4) is 0 Å². The van der Waals surface area contributed by atoms with Crippen molar-refractivity contribution < 1.29 is 5.11 Å². The van der Waals surface area contributed by atoms with Crippen molar-refractivity contribution in [1.29, 1.82) is 0 Å². The van der Waals surface area contributed by atoms with Gasteiger partial charge in [0.2, 0.25) is 0 Å². The second-order valence-corrected chi connectivity index (χ2v) is 5.86. The van der Waals surface area contributed by atoms with Crippen molar-refractivity contribution >= 4 is 0 Å². The molecule has 0 unspecified atom stereocenters. The lowest BCUT2D eigenvalue weighted by Gasteiger charge is -2.17. The maximum Gasteiger partial charge on any atom is 0.0556 e.